The molecule has 0 aliphatic carbocycles. The van der Waals surface area contributed by atoms with E-state index < -0.39 is 0 Å². The van der Waals surface area contributed by atoms with E-state index in [1.807, 2.05) is 0 Å². The van der Waals surface area contributed by atoms with Crippen LogP contribution in [-0.2, 0) is 7.05 Å². The van der Waals surface area contributed by atoms with E-state index >= 15 is 0 Å². The number of H-pyrrole nitrogens is 1. The zero-order valence-corrected chi connectivity index (χ0v) is 19.9. The average Bonchev–Trinajstić information content (AvgIpc) is 3.40. The average molecular weight is 491 g/mol. The van der Waals surface area contributed by atoms with Gasteiger partial charge in [-0.15, -0.1) is 0 Å². The number of nitrogens with zero attached hydrogens (tertiary/aromatic N) is 1. The summed E-state index contributed by atoms with van der Waals surface area (Å²) in [6, 6.07) is 36.9. The Balaban J connectivity index is 1.74. The molecule has 0 bridgehead atoms. The molecule has 0 radical (unpaired) electrons. The fourth-order valence-electron chi connectivity index (χ4n) is 5.17. The molecule has 0 saturated heterocycles. The van der Waals surface area contributed by atoms with Crippen molar-refractivity contribution in [3.8, 4) is 11.3 Å². The number of nitrogens with one attached hydrogen (secondary N) is 1. The van der Waals surface area contributed by atoms with Crippen LogP contribution >= 0.6 is 15.9 Å². The second-order valence-electron chi connectivity index (χ2n) is 8.48. The summed E-state index contributed by atoms with van der Waals surface area (Å²) in [5.74, 6) is 0.0856. The van der Waals surface area contributed by atoms with Gasteiger partial charge in [-0.2, -0.15) is 0 Å². The first kappa shape index (κ1) is 20.1. The summed E-state index contributed by atoms with van der Waals surface area (Å²) in [5, 5.41) is 2.54. The molecule has 2 aromatic heterocycles. The number of halogens is 1. The third-order valence-electron chi connectivity index (χ3n) is 6.60. The lowest BCUT2D eigenvalue weighted by atomic mass is 9.82. The Morgan fingerprint density at radius 1 is 0.758 bits per heavy atom. The molecule has 3 heteroatoms. The number of hydrogen-bond donors (Lipinski definition) is 1. The van der Waals surface area contributed by atoms with Crippen LogP contribution in [0.2, 0.25) is 0 Å². The molecule has 2 heterocycles. The Hall–Kier alpha value is -3.56. The maximum absolute atomic E-state index is 3.62. The number of benzene rings is 4. The van der Waals surface area contributed by atoms with Gasteiger partial charge in [-0.1, -0.05) is 101 Å². The van der Waals surface area contributed by atoms with E-state index in [1.54, 1.807) is 0 Å². The van der Waals surface area contributed by atoms with Crippen LogP contribution in [0.4, 0.5) is 0 Å². The molecule has 160 valence electrons. The second kappa shape index (κ2) is 8.09. The predicted octanol–water partition coefficient (Wildman–Crippen LogP) is 8.27. The number of para-hydroxylation sites is 1. The summed E-state index contributed by atoms with van der Waals surface area (Å²) in [5.41, 5.74) is 8.80. The van der Waals surface area contributed by atoms with Crippen LogP contribution in [0, 0.1) is 0 Å². The minimum absolute atomic E-state index is 0.0856. The number of aromatic amines is 1. The van der Waals surface area contributed by atoms with Gasteiger partial charge < -0.3 is 9.55 Å². The van der Waals surface area contributed by atoms with Crippen molar-refractivity contribution in [2.24, 2.45) is 7.05 Å². The highest BCUT2D eigenvalue weighted by Crippen LogP contribution is 2.45. The molecule has 0 fully saturated rings. The smallest absolute Gasteiger partial charge is 0.0530 e. The molecule has 0 aliphatic heterocycles. The quantitative estimate of drug-likeness (QED) is 0.256. The van der Waals surface area contributed by atoms with Gasteiger partial charge in [0.2, 0.25) is 0 Å². The van der Waals surface area contributed by atoms with E-state index in [0.29, 0.717) is 0 Å². The van der Waals surface area contributed by atoms with Crippen LogP contribution < -0.4 is 0 Å². The summed E-state index contributed by atoms with van der Waals surface area (Å²) in [6.07, 6.45) is 2.19. The number of aryl methyl sites for hydroxylation is 1. The molecule has 1 atom stereocenters. The molecule has 6 rings (SSSR count). The Kier molecular flexibility index (Phi) is 4.92. The first-order valence-electron chi connectivity index (χ1n) is 11.2. The zero-order chi connectivity index (χ0) is 22.4. The third kappa shape index (κ3) is 3.32. The topological polar surface area (TPSA) is 20.7 Å². The summed E-state index contributed by atoms with van der Waals surface area (Å²) >= 11 is 3.62. The monoisotopic (exact) mass is 490 g/mol. The molecule has 0 amide bonds. The van der Waals surface area contributed by atoms with Gasteiger partial charge in [0.25, 0.3) is 0 Å². The van der Waals surface area contributed by atoms with E-state index in [-0.39, 0.29) is 5.92 Å². The van der Waals surface area contributed by atoms with Gasteiger partial charge in [0, 0.05) is 45.4 Å². The molecule has 4 aromatic carbocycles. The van der Waals surface area contributed by atoms with E-state index in [2.05, 4.69) is 142 Å². The first-order valence-corrected chi connectivity index (χ1v) is 12.0. The number of fused-ring (bicyclic) bond motifs is 2. The Bertz CT molecular complexity index is 1580. The molecule has 0 spiro atoms. The van der Waals surface area contributed by atoms with Gasteiger partial charge in [0.1, 0.15) is 0 Å². The second-order valence-corrected chi connectivity index (χ2v) is 9.40. The van der Waals surface area contributed by atoms with Gasteiger partial charge in [-0.3, -0.25) is 0 Å². The SMILES string of the molecule is Cn1c(-c2ccccc2)c(C(c2ccccc2)c2c[nH]c3cc(Br)ccc23)c2ccccc21. The Morgan fingerprint density at radius 3 is 2.24 bits per heavy atom. The molecular formula is C30H23BrN2. The van der Waals surface area contributed by atoms with Crippen LogP contribution in [0.15, 0.2) is 114 Å². The fourth-order valence-corrected chi connectivity index (χ4v) is 5.53. The lowest BCUT2D eigenvalue weighted by molar-refractivity contribution is 0.941. The molecule has 0 aliphatic rings. The molecule has 6 aromatic rings. The lowest BCUT2D eigenvalue weighted by Crippen LogP contribution is -2.05. The van der Waals surface area contributed by atoms with Gasteiger partial charge >= 0.3 is 0 Å². The lowest BCUT2D eigenvalue weighted by Gasteiger charge is -2.20. The summed E-state index contributed by atoms with van der Waals surface area (Å²) in [6.45, 7) is 0. The summed E-state index contributed by atoms with van der Waals surface area (Å²) in [7, 11) is 2.18. The number of rotatable bonds is 4. The van der Waals surface area contributed by atoms with Crippen molar-refractivity contribution in [3.63, 3.8) is 0 Å². The first-order chi connectivity index (χ1) is 16.2. The van der Waals surface area contributed by atoms with E-state index in [1.165, 1.54) is 44.2 Å². The van der Waals surface area contributed by atoms with Gasteiger partial charge in [-0.05, 0) is 40.5 Å². The van der Waals surface area contributed by atoms with Crippen LogP contribution in [0.5, 0.6) is 0 Å². The minimum atomic E-state index is 0.0856. The zero-order valence-electron chi connectivity index (χ0n) is 18.3. The van der Waals surface area contributed by atoms with Gasteiger partial charge in [0.15, 0.2) is 0 Å². The highest BCUT2D eigenvalue weighted by atomic mass is 79.9. The molecular weight excluding hydrogens is 468 g/mol. The molecule has 1 unspecified atom stereocenters. The van der Waals surface area contributed by atoms with E-state index in [4.69, 9.17) is 0 Å². The van der Waals surface area contributed by atoms with Crippen LogP contribution in [-0.4, -0.2) is 9.55 Å². The molecule has 2 nitrogen and oxygen atoms in total. The van der Waals surface area contributed by atoms with Crippen molar-refractivity contribution in [3.05, 3.63) is 130 Å². The maximum Gasteiger partial charge on any atom is 0.0530 e. The summed E-state index contributed by atoms with van der Waals surface area (Å²) in [4.78, 5) is 3.53. The fraction of sp³-hybridized carbons (Fsp3) is 0.0667. The van der Waals surface area contributed by atoms with E-state index in [0.717, 1.165) is 9.99 Å². The van der Waals surface area contributed by atoms with Crippen LogP contribution in [0.3, 0.4) is 0 Å². The largest absolute Gasteiger partial charge is 0.361 e. The van der Waals surface area contributed by atoms with E-state index in [9.17, 15) is 0 Å². The third-order valence-corrected chi connectivity index (χ3v) is 7.09. The Morgan fingerprint density at radius 2 is 1.45 bits per heavy atom. The molecule has 1 N–H and O–H groups in total. The minimum Gasteiger partial charge on any atom is -0.361 e. The molecule has 33 heavy (non-hydrogen) atoms. The number of hydrogen-bond acceptors (Lipinski definition) is 0. The standard InChI is InChI=1S/C30H23BrN2/c1-33-27-15-9-8-14-24(27)29(30(33)21-12-6-3-7-13-21)28(20-10-4-2-5-11-20)25-19-32-26-18-22(31)16-17-23(25)26/h2-19,28,32H,1H3. The maximum atomic E-state index is 3.62. The summed E-state index contributed by atoms with van der Waals surface area (Å²) < 4.78 is 3.43. The van der Waals surface area contributed by atoms with Gasteiger partial charge in [-0.25, -0.2) is 0 Å². The van der Waals surface area contributed by atoms with Crippen molar-refractivity contribution in [2.75, 3.05) is 0 Å². The van der Waals surface area contributed by atoms with Crippen molar-refractivity contribution >= 4 is 37.7 Å². The van der Waals surface area contributed by atoms with Crippen LogP contribution in [0.1, 0.15) is 22.6 Å². The van der Waals surface area contributed by atoms with Crippen molar-refractivity contribution < 1.29 is 0 Å². The Labute approximate surface area is 201 Å². The van der Waals surface area contributed by atoms with Crippen molar-refractivity contribution in [1.29, 1.82) is 0 Å². The van der Waals surface area contributed by atoms with Crippen LogP contribution in [0.25, 0.3) is 33.1 Å². The van der Waals surface area contributed by atoms with Gasteiger partial charge in [0.05, 0.1) is 5.69 Å². The highest BCUT2D eigenvalue weighted by molar-refractivity contribution is 9.10. The predicted molar refractivity (Wildman–Crippen MR) is 142 cm³/mol. The number of aromatic nitrogens is 2. The normalized spacial score (nSPS) is 12.4. The van der Waals surface area contributed by atoms with Crippen molar-refractivity contribution in [2.45, 2.75) is 5.92 Å². The van der Waals surface area contributed by atoms with Crippen molar-refractivity contribution in [1.82, 2.24) is 9.55 Å². The molecule has 0 saturated carbocycles. The highest BCUT2D eigenvalue weighted by Gasteiger charge is 2.28.